The van der Waals surface area contributed by atoms with Crippen LogP contribution in [0, 0.1) is 6.92 Å². The van der Waals surface area contributed by atoms with Gasteiger partial charge in [-0.1, -0.05) is 6.07 Å². The number of hydrogen-bond donors (Lipinski definition) is 1. The fourth-order valence-corrected chi connectivity index (χ4v) is 4.17. The van der Waals surface area contributed by atoms with E-state index in [1.807, 2.05) is 19.1 Å². The minimum Gasteiger partial charge on any atom is -0.467 e. The standard InChI is InChI=1S/C14H21BrNO5P/c1-5-20-22(18,21-6-2)13(14(17)19-4)16-12-8-7-10(3)9-11(12)15/h7-9,13,16H,5-6H2,1-4H3. The number of rotatable bonds is 8. The summed E-state index contributed by atoms with van der Waals surface area (Å²) in [6, 6.07) is 5.52. The summed E-state index contributed by atoms with van der Waals surface area (Å²) >= 11 is 3.41. The van der Waals surface area contributed by atoms with Gasteiger partial charge >= 0.3 is 13.6 Å². The van der Waals surface area contributed by atoms with Crippen LogP contribution < -0.4 is 5.32 Å². The first-order valence-electron chi connectivity index (χ1n) is 6.87. The smallest absolute Gasteiger partial charge is 0.364 e. The highest BCUT2D eigenvalue weighted by molar-refractivity contribution is 9.10. The second-order valence-corrected chi connectivity index (χ2v) is 7.40. The van der Waals surface area contributed by atoms with Crippen molar-refractivity contribution in [3.8, 4) is 0 Å². The van der Waals surface area contributed by atoms with Crippen LogP contribution in [0.5, 0.6) is 0 Å². The zero-order valence-electron chi connectivity index (χ0n) is 13.1. The van der Waals surface area contributed by atoms with Gasteiger partial charge in [-0.3, -0.25) is 4.57 Å². The normalized spacial score (nSPS) is 12.8. The SMILES string of the molecule is CCOP(=O)(OCC)C(Nc1ccc(C)cc1Br)C(=O)OC. The molecule has 0 heterocycles. The van der Waals surface area contributed by atoms with Crippen molar-refractivity contribution in [3.05, 3.63) is 28.2 Å². The van der Waals surface area contributed by atoms with Crippen LogP contribution in [0.2, 0.25) is 0 Å². The van der Waals surface area contributed by atoms with Crippen molar-refractivity contribution in [2.75, 3.05) is 25.6 Å². The Labute approximate surface area is 139 Å². The first-order chi connectivity index (χ1) is 10.4. The van der Waals surface area contributed by atoms with Crippen LogP contribution in [0.3, 0.4) is 0 Å². The zero-order valence-corrected chi connectivity index (χ0v) is 15.6. The van der Waals surface area contributed by atoms with E-state index < -0.39 is 19.3 Å². The molecule has 0 bridgehead atoms. The molecule has 1 N–H and O–H groups in total. The number of halogens is 1. The van der Waals surface area contributed by atoms with E-state index in [1.165, 1.54) is 7.11 Å². The highest BCUT2D eigenvalue weighted by Gasteiger charge is 2.42. The van der Waals surface area contributed by atoms with E-state index in [9.17, 15) is 9.36 Å². The maximum atomic E-state index is 12.9. The van der Waals surface area contributed by atoms with Gasteiger partial charge in [0.05, 0.1) is 20.3 Å². The fraction of sp³-hybridized carbons (Fsp3) is 0.500. The largest absolute Gasteiger partial charge is 0.467 e. The van der Waals surface area contributed by atoms with Gasteiger partial charge in [0.2, 0.25) is 5.78 Å². The molecule has 0 spiro atoms. The average Bonchev–Trinajstić information content (AvgIpc) is 2.46. The van der Waals surface area contributed by atoms with Gasteiger partial charge in [0.25, 0.3) is 0 Å². The lowest BCUT2D eigenvalue weighted by molar-refractivity contribution is -0.140. The van der Waals surface area contributed by atoms with Gasteiger partial charge in [-0.05, 0) is 54.4 Å². The Morgan fingerprint density at radius 2 is 1.91 bits per heavy atom. The van der Waals surface area contributed by atoms with E-state index in [2.05, 4.69) is 21.2 Å². The maximum absolute atomic E-state index is 12.9. The second-order valence-electron chi connectivity index (χ2n) is 4.43. The molecular weight excluding hydrogens is 373 g/mol. The first-order valence-corrected chi connectivity index (χ1v) is 9.27. The molecule has 1 aromatic carbocycles. The molecule has 8 heteroatoms. The van der Waals surface area contributed by atoms with Crippen LogP contribution in [0.15, 0.2) is 22.7 Å². The summed E-state index contributed by atoms with van der Waals surface area (Å²) in [5.74, 6) is -1.95. The number of ether oxygens (including phenoxy) is 1. The van der Waals surface area contributed by atoms with Gasteiger partial charge in [-0.25, -0.2) is 4.79 Å². The number of nitrogens with one attached hydrogen (secondary N) is 1. The third-order valence-corrected chi connectivity index (χ3v) is 5.64. The van der Waals surface area contributed by atoms with Gasteiger partial charge in [-0.2, -0.15) is 0 Å². The average molecular weight is 394 g/mol. The van der Waals surface area contributed by atoms with Gasteiger partial charge in [-0.15, -0.1) is 0 Å². The highest BCUT2D eigenvalue weighted by Crippen LogP contribution is 2.53. The number of esters is 1. The van der Waals surface area contributed by atoms with E-state index in [0.717, 1.165) is 10.0 Å². The molecule has 0 saturated heterocycles. The molecule has 6 nitrogen and oxygen atoms in total. The Balaban J connectivity index is 3.16. The van der Waals surface area contributed by atoms with E-state index in [0.29, 0.717) is 5.69 Å². The van der Waals surface area contributed by atoms with Crippen molar-refractivity contribution in [3.63, 3.8) is 0 Å². The Bertz CT molecular complexity index is 556. The molecule has 1 aromatic rings. The van der Waals surface area contributed by atoms with Crippen molar-refractivity contribution >= 4 is 35.2 Å². The van der Waals surface area contributed by atoms with Crippen LogP contribution in [0.25, 0.3) is 0 Å². The molecule has 1 unspecified atom stereocenters. The second kappa shape index (κ2) is 8.67. The number of carbonyl (C=O) groups excluding carboxylic acids is 1. The topological polar surface area (TPSA) is 73.9 Å². The van der Waals surface area contributed by atoms with Crippen molar-refractivity contribution in [1.29, 1.82) is 0 Å². The molecule has 0 aromatic heterocycles. The van der Waals surface area contributed by atoms with Crippen molar-refractivity contribution < 1.29 is 23.1 Å². The summed E-state index contributed by atoms with van der Waals surface area (Å²) in [7, 11) is -2.48. The molecule has 124 valence electrons. The highest BCUT2D eigenvalue weighted by atomic mass is 79.9. The number of benzene rings is 1. The number of anilines is 1. The Morgan fingerprint density at radius 1 is 1.32 bits per heavy atom. The Hall–Kier alpha value is -0.880. The Morgan fingerprint density at radius 3 is 2.36 bits per heavy atom. The fourth-order valence-electron chi connectivity index (χ4n) is 1.81. The lowest BCUT2D eigenvalue weighted by Crippen LogP contribution is -2.32. The number of carbonyl (C=O) groups is 1. The van der Waals surface area contributed by atoms with Crippen molar-refractivity contribution in [2.24, 2.45) is 0 Å². The van der Waals surface area contributed by atoms with Crippen molar-refractivity contribution in [1.82, 2.24) is 0 Å². The number of hydrogen-bond acceptors (Lipinski definition) is 6. The van der Waals surface area contributed by atoms with Crippen LogP contribution in [-0.4, -0.2) is 32.1 Å². The van der Waals surface area contributed by atoms with Crippen LogP contribution in [0.4, 0.5) is 5.69 Å². The quantitative estimate of drug-likeness (QED) is 0.532. The molecule has 0 saturated carbocycles. The van der Waals surface area contributed by atoms with E-state index in [1.54, 1.807) is 19.9 Å². The molecule has 1 rings (SSSR count). The predicted molar refractivity (Wildman–Crippen MR) is 89.2 cm³/mol. The molecule has 0 radical (unpaired) electrons. The molecular formula is C14H21BrNO5P. The predicted octanol–water partition coefficient (Wildman–Crippen LogP) is 3.93. The van der Waals surface area contributed by atoms with Gasteiger partial charge in [0, 0.05) is 10.2 Å². The third kappa shape index (κ3) is 4.81. The zero-order chi connectivity index (χ0) is 16.8. The lowest BCUT2D eigenvalue weighted by Gasteiger charge is -2.26. The summed E-state index contributed by atoms with van der Waals surface area (Å²) < 4.78 is 28.8. The monoisotopic (exact) mass is 393 g/mol. The number of aryl methyl sites for hydroxylation is 1. The molecule has 0 fully saturated rings. The Kier molecular flexibility index (Phi) is 7.56. The van der Waals surface area contributed by atoms with Crippen LogP contribution in [-0.2, 0) is 23.1 Å². The van der Waals surface area contributed by atoms with Gasteiger partial charge in [0.1, 0.15) is 0 Å². The van der Waals surface area contributed by atoms with E-state index in [4.69, 9.17) is 13.8 Å². The summed E-state index contributed by atoms with van der Waals surface area (Å²) in [5.41, 5.74) is 1.64. The molecule has 0 aliphatic heterocycles. The van der Waals surface area contributed by atoms with Crippen LogP contribution >= 0.6 is 23.5 Å². The van der Waals surface area contributed by atoms with Gasteiger partial charge < -0.3 is 19.1 Å². The molecule has 1 atom stereocenters. The summed E-state index contributed by atoms with van der Waals surface area (Å²) in [6.07, 6.45) is 0. The molecule has 0 amide bonds. The first kappa shape index (κ1) is 19.2. The molecule has 0 aliphatic carbocycles. The summed E-state index contributed by atoms with van der Waals surface area (Å²) in [5, 5.41) is 2.90. The van der Waals surface area contributed by atoms with Gasteiger partial charge in [0.15, 0.2) is 0 Å². The molecule has 22 heavy (non-hydrogen) atoms. The van der Waals surface area contributed by atoms with Crippen molar-refractivity contribution in [2.45, 2.75) is 26.6 Å². The third-order valence-electron chi connectivity index (χ3n) is 2.78. The van der Waals surface area contributed by atoms with E-state index >= 15 is 0 Å². The van der Waals surface area contributed by atoms with E-state index in [-0.39, 0.29) is 13.2 Å². The summed E-state index contributed by atoms with van der Waals surface area (Å²) in [6.45, 7) is 5.62. The molecule has 0 aliphatic rings. The lowest BCUT2D eigenvalue weighted by atomic mass is 10.2. The summed E-state index contributed by atoms with van der Waals surface area (Å²) in [4.78, 5) is 12.1. The minimum atomic E-state index is -3.71. The number of methoxy groups -OCH3 is 1. The van der Waals surface area contributed by atoms with Crippen LogP contribution in [0.1, 0.15) is 19.4 Å². The minimum absolute atomic E-state index is 0.154. The maximum Gasteiger partial charge on any atom is 0.364 e.